The summed E-state index contributed by atoms with van der Waals surface area (Å²) in [5, 5.41) is 6.88. The SMILES string of the molecule is CN(C(=O)CSc1n[nH]c(N)n1)C1CC1. The van der Waals surface area contributed by atoms with Crippen molar-refractivity contribution >= 4 is 23.6 Å². The molecule has 0 saturated heterocycles. The van der Waals surface area contributed by atoms with E-state index in [1.165, 1.54) is 11.8 Å². The van der Waals surface area contributed by atoms with Crippen LogP contribution in [-0.2, 0) is 4.79 Å². The van der Waals surface area contributed by atoms with Crippen molar-refractivity contribution in [2.75, 3.05) is 18.5 Å². The van der Waals surface area contributed by atoms with Gasteiger partial charge < -0.3 is 10.6 Å². The highest BCUT2D eigenvalue weighted by atomic mass is 32.2. The number of nitrogens with two attached hydrogens (primary N) is 1. The van der Waals surface area contributed by atoms with Crippen LogP contribution in [0.25, 0.3) is 0 Å². The molecule has 3 N–H and O–H groups in total. The molecule has 1 heterocycles. The van der Waals surface area contributed by atoms with Crippen LogP contribution >= 0.6 is 11.8 Å². The van der Waals surface area contributed by atoms with E-state index in [2.05, 4.69) is 15.2 Å². The minimum atomic E-state index is 0.117. The van der Waals surface area contributed by atoms with Crippen LogP contribution in [0.3, 0.4) is 0 Å². The molecule has 1 amide bonds. The number of amides is 1. The first-order valence-electron chi connectivity index (χ1n) is 4.73. The molecule has 82 valence electrons. The maximum absolute atomic E-state index is 11.6. The summed E-state index contributed by atoms with van der Waals surface area (Å²) in [6, 6.07) is 0.454. The van der Waals surface area contributed by atoms with Gasteiger partial charge in [0.25, 0.3) is 0 Å². The fraction of sp³-hybridized carbons (Fsp3) is 0.625. The minimum absolute atomic E-state index is 0.117. The molecular formula is C8H13N5OS. The second kappa shape index (κ2) is 4.09. The quantitative estimate of drug-likeness (QED) is 0.712. The van der Waals surface area contributed by atoms with Gasteiger partial charge in [-0.2, -0.15) is 4.98 Å². The number of hydrogen-bond acceptors (Lipinski definition) is 5. The van der Waals surface area contributed by atoms with Crippen LogP contribution < -0.4 is 5.73 Å². The van der Waals surface area contributed by atoms with E-state index in [0.717, 1.165) is 12.8 Å². The van der Waals surface area contributed by atoms with Crippen LogP contribution in [0.4, 0.5) is 5.95 Å². The van der Waals surface area contributed by atoms with Gasteiger partial charge in [0, 0.05) is 13.1 Å². The van der Waals surface area contributed by atoms with E-state index < -0.39 is 0 Å². The summed E-state index contributed by atoms with van der Waals surface area (Å²) in [6.45, 7) is 0. The Morgan fingerprint density at radius 1 is 1.73 bits per heavy atom. The number of nitrogens with one attached hydrogen (secondary N) is 1. The predicted octanol–water partition coefficient (Wildman–Crippen LogP) is 0.0998. The summed E-state index contributed by atoms with van der Waals surface area (Å²) in [5.41, 5.74) is 5.37. The van der Waals surface area contributed by atoms with Crippen LogP contribution in [0.2, 0.25) is 0 Å². The number of aromatic amines is 1. The van der Waals surface area contributed by atoms with E-state index >= 15 is 0 Å². The van der Waals surface area contributed by atoms with Crippen LogP contribution in [-0.4, -0.2) is 44.8 Å². The molecule has 0 aliphatic heterocycles. The number of H-pyrrole nitrogens is 1. The molecule has 1 aromatic rings. The van der Waals surface area contributed by atoms with Crippen molar-refractivity contribution < 1.29 is 4.79 Å². The van der Waals surface area contributed by atoms with E-state index in [4.69, 9.17) is 5.73 Å². The maximum Gasteiger partial charge on any atom is 0.233 e. The molecule has 1 fully saturated rings. The molecule has 7 heteroatoms. The highest BCUT2D eigenvalue weighted by Gasteiger charge is 2.29. The third-order valence-corrected chi connectivity index (χ3v) is 3.13. The lowest BCUT2D eigenvalue weighted by molar-refractivity contribution is -0.127. The molecule has 0 spiro atoms. The minimum Gasteiger partial charge on any atom is -0.368 e. The zero-order valence-electron chi connectivity index (χ0n) is 8.43. The van der Waals surface area contributed by atoms with Crippen molar-refractivity contribution in [2.45, 2.75) is 24.0 Å². The predicted molar refractivity (Wildman–Crippen MR) is 57.3 cm³/mol. The summed E-state index contributed by atoms with van der Waals surface area (Å²) in [6.07, 6.45) is 2.25. The van der Waals surface area contributed by atoms with Gasteiger partial charge in [0.05, 0.1) is 5.75 Å². The average Bonchev–Trinajstić information content (AvgIpc) is 2.98. The number of aromatic nitrogens is 3. The van der Waals surface area contributed by atoms with E-state index in [-0.39, 0.29) is 11.9 Å². The van der Waals surface area contributed by atoms with E-state index in [0.29, 0.717) is 17.0 Å². The van der Waals surface area contributed by atoms with Gasteiger partial charge in [0.15, 0.2) is 0 Å². The maximum atomic E-state index is 11.6. The number of thioether (sulfide) groups is 1. The molecular weight excluding hydrogens is 214 g/mol. The lowest BCUT2D eigenvalue weighted by atomic mass is 10.5. The Hall–Kier alpha value is -1.24. The Morgan fingerprint density at radius 3 is 3.00 bits per heavy atom. The van der Waals surface area contributed by atoms with Gasteiger partial charge in [-0.25, -0.2) is 5.10 Å². The summed E-state index contributed by atoms with van der Waals surface area (Å²) in [7, 11) is 1.84. The number of nitrogens with zero attached hydrogens (tertiary/aromatic N) is 3. The highest BCUT2D eigenvalue weighted by Crippen LogP contribution is 2.26. The van der Waals surface area contributed by atoms with Crippen molar-refractivity contribution in [3.05, 3.63) is 0 Å². The zero-order chi connectivity index (χ0) is 10.8. The fourth-order valence-electron chi connectivity index (χ4n) is 1.22. The number of carbonyl (C=O) groups excluding carboxylic acids is 1. The molecule has 1 aliphatic rings. The number of rotatable bonds is 4. The van der Waals surface area contributed by atoms with Crippen molar-refractivity contribution in [3.63, 3.8) is 0 Å². The first kappa shape index (κ1) is 10.3. The molecule has 1 aromatic heterocycles. The lowest BCUT2D eigenvalue weighted by Gasteiger charge is -2.14. The standard InChI is InChI=1S/C8H13N5OS/c1-13(5-2-3-5)6(14)4-15-8-10-7(9)11-12-8/h5H,2-4H2,1H3,(H3,9,10,11,12). The van der Waals surface area contributed by atoms with Gasteiger partial charge in [0.1, 0.15) is 0 Å². The van der Waals surface area contributed by atoms with Gasteiger partial charge in [-0.3, -0.25) is 4.79 Å². The van der Waals surface area contributed by atoms with Crippen LogP contribution in [0.15, 0.2) is 5.16 Å². The summed E-state index contributed by atoms with van der Waals surface area (Å²) >= 11 is 1.30. The molecule has 1 aliphatic carbocycles. The second-order valence-electron chi connectivity index (χ2n) is 3.53. The molecule has 0 radical (unpaired) electrons. The van der Waals surface area contributed by atoms with E-state index in [1.807, 2.05) is 7.05 Å². The molecule has 6 nitrogen and oxygen atoms in total. The average molecular weight is 227 g/mol. The van der Waals surface area contributed by atoms with Gasteiger partial charge in [-0.15, -0.1) is 5.10 Å². The fourth-order valence-corrected chi connectivity index (χ4v) is 1.95. The Bertz CT molecular complexity index is 362. The Morgan fingerprint density at radius 2 is 2.47 bits per heavy atom. The molecule has 15 heavy (non-hydrogen) atoms. The van der Waals surface area contributed by atoms with E-state index in [9.17, 15) is 4.79 Å². The Kier molecular flexibility index (Phi) is 2.81. The second-order valence-corrected chi connectivity index (χ2v) is 4.47. The highest BCUT2D eigenvalue weighted by molar-refractivity contribution is 7.99. The number of anilines is 1. The molecule has 2 rings (SSSR count). The van der Waals surface area contributed by atoms with Crippen molar-refractivity contribution in [1.29, 1.82) is 0 Å². The molecule has 0 unspecified atom stereocenters. The van der Waals surface area contributed by atoms with Gasteiger partial charge in [-0.1, -0.05) is 11.8 Å². The zero-order valence-corrected chi connectivity index (χ0v) is 9.25. The largest absolute Gasteiger partial charge is 0.368 e. The topological polar surface area (TPSA) is 87.9 Å². The van der Waals surface area contributed by atoms with Gasteiger partial charge in [-0.05, 0) is 12.8 Å². The first-order chi connectivity index (χ1) is 7.16. The van der Waals surface area contributed by atoms with Crippen LogP contribution in [0.1, 0.15) is 12.8 Å². The van der Waals surface area contributed by atoms with Crippen LogP contribution in [0, 0.1) is 0 Å². The summed E-state index contributed by atoms with van der Waals surface area (Å²) < 4.78 is 0. The summed E-state index contributed by atoms with van der Waals surface area (Å²) in [4.78, 5) is 17.3. The van der Waals surface area contributed by atoms with Crippen LogP contribution in [0.5, 0.6) is 0 Å². The number of nitrogen functional groups attached to an aromatic ring is 1. The third kappa shape index (κ3) is 2.62. The van der Waals surface area contributed by atoms with E-state index in [1.54, 1.807) is 4.90 Å². The molecule has 0 atom stereocenters. The smallest absolute Gasteiger partial charge is 0.233 e. The van der Waals surface area contributed by atoms with Crippen molar-refractivity contribution in [3.8, 4) is 0 Å². The third-order valence-electron chi connectivity index (χ3n) is 2.29. The van der Waals surface area contributed by atoms with Crippen molar-refractivity contribution in [1.82, 2.24) is 20.1 Å². The Balaban J connectivity index is 1.79. The van der Waals surface area contributed by atoms with Gasteiger partial charge in [0.2, 0.25) is 17.0 Å². The lowest BCUT2D eigenvalue weighted by Crippen LogP contribution is -2.30. The molecule has 0 bridgehead atoms. The molecule has 0 aromatic carbocycles. The summed E-state index contributed by atoms with van der Waals surface area (Å²) in [5.74, 6) is 0.760. The number of carbonyl (C=O) groups is 1. The monoisotopic (exact) mass is 227 g/mol. The Labute approximate surface area is 91.6 Å². The first-order valence-corrected chi connectivity index (χ1v) is 5.71. The van der Waals surface area contributed by atoms with Crippen molar-refractivity contribution in [2.24, 2.45) is 0 Å². The van der Waals surface area contributed by atoms with Gasteiger partial charge >= 0.3 is 0 Å². The normalized spacial score (nSPS) is 15.3. The molecule has 1 saturated carbocycles. The number of hydrogen-bond donors (Lipinski definition) is 2.